The van der Waals surface area contributed by atoms with Crippen LogP contribution in [0.1, 0.15) is 32.3 Å². The summed E-state index contributed by atoms with van der Waals surface area (Å²) in [5.74, 6) is 0.707. The molecular weight excluding hydrogens is 346 g/mol. The van der Waals surface area contributed by atoms with Crippen molar-refractivity contribution >= 4 is 23.4 Å². The van der Waals surface area contributed by atoms with Crippen molar-refractivity contribution in [3.63, 3.8) is 0 Å². The molecule has 1 aromatic carbocycles. The molecule has 146 valence electrons. The van der Waals surface area contributed by atoms with E-state index in [-0.39, 0.29) is 30.1 Å². The van der Waals surface area contributed by atoms with Crippen molar-refractivity contribution in [3.05, 3.63) is 23.8 Å². The van der Waals surface area contributed by atoms with Crippen molar-refractivity contribution in [1.29, 1.82) is 0 Å². The second-order valence-electron chi connectivity index (χ2n) is 7.37. The number of carbonyl (C=O) groups is 3. The number of ether oxygens (including phenoxy) is 1. The number of anilines is 1. The minimum atomic E-state index is -0.0837. The maximum atomic E-state index is 12.7. The highest BCUT2D eigenvalue weighted by molar-refractivity contribution is 5.93. The Morgan fingerprint density at radius 3 is 2.67 bits per heavy atom. The molecule has 2 heterocycles. The van der Waals surface area contributed by atoms with E-state index < -0.39 is 0 Å². The van der Waals surface area contributed by atoms with Gasteiger partial charge in [0.1, 0.15) is 5.75 Å². The molecule has 2 aliphatic heterocycles. The Hall–Kier alpha value is -2.57. The molecule has 0 atom stereocenters. The number of hydrogen-bond donors (Lipinski definition) is 1. The van der Waals surface area contributed by atoms with Crippen LogP contribution in [0.25, 0.3) is 0 Å². The third kappa shape index (κ3) is 4.78. The lowest BCUT2D eigenvalue weighted by atomic mass is 10.1. The van der Waals surface area contributed by atoms with Crippen molar-refractivity contribution in [1.82, 2.24) is 9.80 Å². The fraction of sp³-hybridized carbons (Fsp3) is 0.550. The van der Waals surface area contributed by atoms with E-state index in [4.69, 9.17) is 4.74 Å². The van der Waals surface area contributed by atoms with Gasteiger partial charge in [-0.1, -0.05) is 19.9 Å². The molecule has 1 saturated heterocycles. The normalized spacial score (nSPS) is 17.5. The van der Waals surface area contributed by atoms with Gasteiger partial charge in [-0.2, -0.15) is 0 Å². The second kappa shape index (κ2) is 8.41. The van der Waals surface area contributed by atoms with Gasteiger partial charge in [0, 0.05) is 32.1 Å². The second-order valence-corrected chi connectivity index (χ2v) is 7.37. The Labute approximate surface area is 159 Å². The molecule has 7 heteroatoms. The van der Waals surface area contributed by atoms with Crippen LogP contribution in [0.5, 0.6) is 5.75 Å². The summed E-state index contributed by atoms with van der Waals surface area (Å²) in [6.45, 7) is 6.65. The number of amides is 3. The van der Waals surface area contributed by atoms with Gasteiger partial charge < -0.3 is 19.9 Å². The predicted octanol–water partition coefficient (Wildman–Crippen LogP) is 1.67. The first-order valence-electron chi connectivity index (χ1n) is 9.56. The lowest BCUT2D eigenvalue weighted by Gasteiger charge is -2.23. The first-order chi connectivity index (χ1) is 12.9. The average molecular weight is 373 g/mol. The first-order valence-corrected chi connectivity index (χ1v) is 9.56. The SMILES string of the molecule is CC(C)C(=O)N1CCCN(C(=O)Cc2ccc3c(c2)NC(=O)CCO3)CC1. The molecule has 0 radical (unpaired) electrons. The first kappa shape index (κ1) is 19.2. The highest BCUT2D eigenvalue weighted by Crippen LogP contribution is 2.28. The van der Waals surface area contributed by atoms with E-state index in [9.17, 15) is 14.4 Å². The van der Waals surface area contributed by atoms with Crippen LogP contribution in [0.15, 0.2) is 18.2 Å². The molecule has 0 spiro atoms. The molecule has 0 bridgehead atoms. The molecular formula is C20H27N3O4. The zero-order valence-corrected chi connectivity index (χ0v) is 16.0. The van der Waals surface area contributed by atoms with Crippen molar-refractivity contribution in [2.45, 2.75) is 33.1 Å². The van der Waals surface area contributed by atoms with E-state index in [1.165, 1.54) is 0 Å². The third-order valence-electron chi connectivity index (χ3n) is 4.91. The van der Waals surface area contributed by atoms with Gasteiger partial charge in [0.2, 0.25) is 17.7 Å². The maximum absolute atomic E-state index is 12.7. The van der Waals surface area contributed by atoms with Gasteiger partial charge in [-0.25, -0.2) is 0 Å². The lowest BCUT2D eigenvalue weighted by molar-refractivity contribution is -0.135. The molecule has 1 N–H and O–H groups in total. The molecule has 2 aliphatic rings. The summed E-state index contributed by atoms with van der Waals surface area (Å²) < 4.78 is 5.55. The van der Waals surface area contributed by atoms with Crippen molar-refractivity contribution < 1.29 is 19.1 Å². The molecule has 0 unspecified atom stereocenters. The standard InChI is InChI=1S/C20H27N3O4/c1-14(2)20(26)23-8-3-7-22(9-10-23)19(25)13-15-4-5-17-16(12-15)21-18(24)6-11-27-17/h4-5,12,14H,3,6-11,13H2,1-2H3,(H,21,24). The van der Waals surface area contributed by atoms with E-state index in [0.717, 1.165) is 12.0 Å². The lowest BCUT2D eigenvalue weighted by Crippen LogP contribution is -2.39. The molecule has 1 aromatic rings. The predicted molar refractivity (Wildman–Crippen MR) is 102 cm³/mol. The maximum Gasteiger partial charge on any atom is 0.227 e. The van der Waals surface area contributed by atoms with Crippen LogP contribution in [0.4, 0.5) is 5.69 Å². The summed E-state index contributed by atoms with van der Waals surface area (Å²) in [6.07, 6.45) is 1.38. The summed E-state index contributed by atoms with van der Waals surface area (Å²) in [4.78, 5) is 40.3. The zero-order chi connectivity index (χ0) is 19.4. The van der Waals surface area contributed by atoms with Crippen molar-refractivity contribution in [2.24, 2.45) is 5.92 Å². The van der Waals surface area contributed by atoms with Crippen LogP contribution in [-0.4, -0.2) is 60.3 Å². The summed E-state index contributed by atoms with van der Waals surface area (Å²) in [5.41, 5.74) is 1.45. The van der Waals surface area contributed by atoms with Crippen LogP contribution < -0.4 is 10.1 Å². The van der Waals surface area contributed by atoms with Gasteiger partial charge in [-0.3, -0.25) is 14.4 Å². The van der Waals surface area contributed by atoms with Crippen LogP contribution in [0.2, 0.25) is 0 Å². The molecule has 7 nitrogen and oxygen atoms in total. The monoisotopic (exact) mass is 373 g/mol. The highest BCUT2D eigenvalue weighted by Gasteiger charge is 2.24. The number of benzene rings is 1. The molecule has 1 fully saturated rings. The Morgan fingerprint density at radius 2 is 1.89 bits per heavy atom. The summed E-state index contributed by atoms with van der Waals surface area (Å²) in [7, 11) is 0. The molecule has 0 aliphatic carbocycles. The summed E-state index contributed by atoms with van der Waals surface area (Å²) in [6, 6.07) is 5.47. The third-order valence-corrected chi connectivity index (χ3v) is 4.91. The van der Waals surface area contributed by atoms with E-state index >= 15 is 0 Å². The van der Waals surface area contributed by atoms with Gasteiger partial charge in [0.05, 0.1) is 25.1 Å². The van der Waals surface area contributed by atoms with Crippen molar-refractivity contribution in [2.75, 3.05) is 38.1 Å². The van der Waals surface area contributed by atoms with Crippen LogP contribution in [0.3, 0.4) is 0 Å². The number of carbonyl (C=O) groups excluding carboxylic acids is 3. The zero-order valence-electron chi connectivity index (χ0n) is 16.0. The summed E-state index contributed by atoms with van der Waals surface area (Å²) >= 11 is 0. The van der Waals surface area contributed by atoms with Crippen molar-refractivity contribution in [3.8, 4) is 5.75 Å². The quantitative estimate of drug-likeness (QED) is 0.874. The highest BCUT2D eigenvalue weighted by atomic mass is 16.5. The number of nitrogens with one attached hydrogen (secondary N) is 1. The summed E-state index contributed by atoms with van der Waals surface area (Å²) in [5, 5.41) is 2.82. The number of fused-ring (bicyclic) bond motifs is 1. The van der Waals surface area contributed by atoms with E-state index in [2.05, 4.69) is 5.32 Å². The Bertz CT molecular complexity index is 732. The van der Waals surface area contributed by atoms with E-state index in [0.29, 0.717) is 50.6 Å². The number of hydrogen-bond acceptors (Lipinski definition) is 4. The number of rotatable bonds is 3. The minimum absolute atomic E-state index is 0.0238. The van der Waals surface area contributed by atoms with Gasteiger partial charge in [0.25, 0.3) is 0 Å². The average Bonchev–Trinajstić information content (AvgIpc) is 2.98. The molecule has 0 saturated carbocycles. The Kier molecular flexibility index (Phi) is 5.98. The smallest absolute Gasteiger partial charge is 0.227 e. The molecule has 3 rings (SSSR count). The fourth-order valence-electron chi connectivity index (χ4n) is 3.42. The van der Waals surface area contributed by atoms with Crippen LogP contribution in [0, 0.1) is 5.92 Å². The molecule has 3 amide bonds. The minimum Gasteiger partial charge on any atom is -0.491 e. The Morgan fingerprint density at radius 1 is 1.15 bits per heavy atom. The van der Waals surface area contributed by atoms with E-state index in [1.807, 2.05) is 35.8 Å². The Balaban J connectivity index is 1.62. The van der Waals surface area contributed by atoms with Gasteiger partial charge >= 0.3 is 0 Å². The molecule has 27 heavy (non-hydrogen) atoms. The van der Waals surface area contributed by atoms with Gasteiger partial charge in [0.15, 0.2) is 0 Å². The van der Waals surface area contributed by atoms with Gasteiger partial charge in [-0.05, 0) is 24.1 Å². The fourth-order valence-corrected chi connectivity index (χ4v) is 3.42. The van der Waals surface area contributed by atoms with E-state index in [1.54, 1.807) is 6.07 Å². The van der Waals surface area contributed by atoms with Crippen LogP contribution >= 0.6 is 0 Å². The largest absolute Gasteiger partial charge is 0.491 e. The molecule has 0 aromatic heterocycles. The van der Waals surface area contributed by atoms with Gasteiger partial charge in [-0.15, -0.1) is 0 Å². The number of nitrogens with zero attached hydrogens (tertiary/aromatic N) is 2. The van der Waals surface area contributed by atoms with Crippen LogP contribution in [-0.2, 0) is 20.8 Å². The topological polar surface area (TPSA) is 79.0 Å².